The van der Waals surface area contributed by atoms with Gasteiger partial charge in [0.1, 0.15) is 58.8 Å². The predicted molar refractivity (Wildman–Crippen MR) is 232 cm³/mol. The zero-order chi connectivity index (χ0) is 46.2. The first-order valence-electron chi connectivity index (χ1n) is 20.2. The molecule has 2 fully saturated rings. The highest BCUT2D eigenvalue weighted by atomic mass is 32.1. The number of halogens is 5. The van der Waals surface area contributed by atoms with Crippen LogP contribution in [0, 0.1) is 23.0 Å². The zero-order valence-electron chi connectivity index (χ0n) is 35.8. The number of methoxy groups -OCH3 is 1. The number of carbonyl (C=O) groups excluding carboxylic acids is 2. The number of amidine groups is 1. The minimum Gasteiger partial charge on any atom is -0.497 e. The van der Waals surface area contributed by atoms with Gasteiger partial charge in [-0.05, 0) is 56.9 Å². The van der Waals surface area contributed by atoms with Gasteiger partial charge in [0.25, 0.3) is 0 Å². The van der Waals surface area contributed by atoms with Crippen LogP contribution in [0.4, 0.5) is 27.1 Å². The predicted octanol–water partition coefficient (Wildman–Crippen LogP) is 8.29. The number of nitrogens with one attached hydrogen (secondary N) is 3. The number of pyridine rings is 1. The molecule has 2 aromatic heterocycles. The summed E-state index contributed by atoms with van der Waals surface area (Å²) in [6, 6.07) is 7.48. The average Bonchev–Trinajstić information content (AvgIpc) is 3.48. The number of aliphatic imine (C=N–C) groups is 1. The van der Waals surface area contributed by atoms with Crippen molar-refractivity contribution < 1.29 is 50.5 Å². The van der Waals surface area contributed by atoms with E-state index in [0.717, 1.165) is 18.2 Å². The first kappa shape index (κ1) is 47.4. The van der Waals surface area contributed by atoms with E-state index in [1.165, 1.54) is 36.3 Å². The molecule has 6 atom stereocenters. The number of alkyl halides is 3. The van der Waals surface area contributed by atoms with Crippen LogP contribution in [0.1, 0.15) is 59.9 Å². The molecule has 1 saturated heterocycles. The van der Waals surface area contributed by atoms with Crippen molar-refractivity contribution in [3.63, 3.8) is 0 Å². The number of rotatable bonds is 15. The molecule has 4 N–H and O–H groups in total. The van der Waals surface area contributed by atoms with Crippen molar-refractivity contribution in [3.8, 4) is 22.9 Å². The topological polar surface area (TPSA) is 167 Å². The maximum absolute atomic E-state index is 14.8. The third kappa shape index (κ3) is 10.6. The molecule has 1 aliphatic heterocycles. The van der Waals surface area contributed by atoms with Crippen molar-refractivity contribution in [2.45, 2.75) is 96.2 Å². The second-order valence-corrected chi connectivity index (χ2v) is 20.6. The number of ether oxygens (including phenoxy) is 2. The van der Waals surface area contributed by atoms with Crippen LogP contribution in [0.2, 0.25) is 0 Å². The SMILES string of the molecule is C=C[C@@H]1C[C@]1(NC(=O)[C@@H]1C[C@@H](Oc2cc(-c3csc(NC(C)C)n3)nc3cc(OC)ccc23)CN1C(=O)C(NC(C)=NCC(F)(F)F)C(C)(C)C)P(=O)(O)Cc1c(F)cccc1F. The Morgan fingerprint density at radius 3 is 2.43 bits per heavy atom. The Morgan fingerprint density at radius 1 is 1.13 bits per heavy atom. The van der Waals surface area contributed by atoms with Gasteiger partial charge >= 0.3 is 6.18 Å². The summed E-state index contributed by atoms with van der Waals surface area (Å²) in [6.07, 6.45) is -5.27. The normalized spacial score (nSPS) is 21.8. The number of carbonyl (C=O) groups is 2. The molecule has 4 aromatic rings. The van der Waals surface area contributed by atoms with E-state index in [2.05, 4.69) is 27.5 Å². The van der Waals surface area contributed by atoms with Crippen molar-refractivity contribution in [2.75, 3.05) is 25.5 Å². The fraction of sp³-hybridized carbons (Fsp3) is 0.465. The average molecular weight is 920 g/mol. The number of aromatic nitrogens is 2. The summed E-state index contributed by atoms with van der Waals surface area (Å²) >= 11 is 1.39. The van der Waals surface area contributed by atoms with Gasteiger partial charge in [-0.1, -0.05) is 32.9 Å². The zero-order valence-corrected chi connectivity index (χ0v) is 37.6. The van der Waals surface area contributed by atoms with E-state index in [1.807, 2.05) is 19.2 Å². The van der Waals surface area contributed by atoms with Gasteiger partial charge in [0, 0.05) is 46.8 Å². The standard InChI is InChI=1S/C43H51F5N7O6PS/c1-9-25-18-42(25,62(58,59)20-29-30(44)11-10-12-31(29)45)54-38(56)35-16-27(19-55(35)39(57)37(41(5,6)7)51-24(4)49-22-43(46,47)48)61-36-17-33(34-21-63-40(53-34)50-23(2)3)52-32-15-26(60-8)13-14-28(32)36/h9-15,17,21,23,25,27,35,37H,1,16,18-20,22H2,2-8H3,(H,49,51)(H,50,53)(H,54,56)(H,58,59)/t25-,27-,35+,37?,42+/m1/s1. The van der Waals surface area contributed by atoms with Gasteiger partial charge < -0.3 is 35.2 Å². The fourth-order valence-corrected chi connectivity index (χ4v) is 10.8. The lowest BCUT2D eigenvalue weighted by Crippen LogP contribution is -2.58. The summed E-state index contributed by atoms with van der Waals surface area (Å²) in [5.41, 5.74) is -0.0638. The highest BCUT2D eigenvalue weighted by molar-refractivity contribution is 7.59. The second kappa shape index (κ2) is 18.2. The summed E-state index contributed by atoms with van der Waals surface area (Å²) < 4.78 is 95.3. The van der Waals surface area contributed by atoms with Gasteiger partial charge in [0.15, 0.2) is 5.13 Å². The van der Waals surface area contributed by atoms with Crippen LogP contribution >= 0.6 is 18.7 Å². The molecule has 0 spiro atoms. The molecular weight excluding hydrogens is 869 g/mol. The van der Waals surface area contributed by atoms with E-state index in [9.17, 15) is 41.0 Å². The summed E-state index contributed by atoms with van der Waals surface area (Å²) in [6.45, 7) is 12.4. The molecule has 2 unspecified atom stereocenters. The molecule has 3 heterocycles. The number of anilines is 1. The number of hydrogen-bond acceptors (Lipinski definition) is 10. The Labute approximate surface area is 366 Å². The summed E-state index contributed by atoms with van der Waals surface area (Å²) in [7, 11) is -3.15. The number of nitrogens with zero attached hydrogens (tertiary/aromatic N) is 4. The highest BCUT2D eigenvalue weighted by Crippen LogP contribution is 2.71. The molecule has 20 heteroatoms. The van der Waals surface area contributed by atoms with Crippen LogP contribution in [-0.4, -0.2) is 93.3 Å². The van der Waals surface area contributed by atoms with Gasteiger partial charge in [0.05, 0.1) is 36.9 Å². The molecule has 63 heavy (non-hydrogen) atoms. The van der Waals surface area contributed by atoms with E-state index in [0.29, 0.717) is 38.9 Å². The van der Waals surface area contributed by atoms with E-state index in [1.54, 1.807) is 45.0 Å². The van der Waals surface area contributed by atoms with Gasteiger partial charge in [-0.3, -0.25) is 19.1 Å². The van der Waals surface area contributed by atoms with Gasteiger partial charge in [-0.15, -0.1) is 17.9 Å². The third-order valence-electron chi connectivity index (χ3n) is 10.9. The lowest BCUT2D eigenvalue weighted by Gasteiger charge is -2.36. The van der Waals surface area contributed by atoms with Crippen molar-refractivity contribution in [1.82, 2.24) is 25.5 Å². The van der Waals surface area contributed by atoms with E-state index < -0.39 is 90.1 Å². The molecule has 2 aliphatic rings. The molecule has 0 radical (unpaired) electrons. The molecule has 1 aliphatic carbocycles. The van der Waals surface area contributed by atoms with Crippen molar-refractivity contribution in [1.29, 1.82) is 0 Å². The van der Waals surface area contributed by atoms with Crippen LogP contribution in [0.15, 0.2) is 65.5 Å². The maximum Gasteiger partial charge on any atom is 0.408 e. The Hall–Kier alpha value is -5.13. The Bertz CT molecular complexity index is 2440. The number of fused-ring (bicyclic) bond motifs is 1. The van der Waals surface area contributed by atoms with E-state index >= 15 is 0 Å². The molecule has 0 bridgehead atoms. The van der Waals surface area contributed by atoms with Gasteiger partial charge in [-0.2, -0.15) is 13.2 Å². The monoisotopic (exact) mass is 919 g/mol. The largest absolute Gasteiger partial charge is 0.497 e. The van der Waals surface area contributed by atoms with Crippen LogP contribution in [0.3, 0.4) is 0 Å². The molecule has 6 rings (SSSR count). The minimum atomic E-state index is -4.67. The number of benzene rings is 2. The fourth-order valence-electron chi connectivity index (χ4n) is 7.59. The first-order valence-corrected chi connectivity index (χ1v) is 22.9. The Morgan fingerprint density at radius 2 is 1.83 bits per heavy atom. The summed E-state index contributed by atoms with van der Waals surface area (Å²) in [4.78, 5) is 55.3. The van der Waals surface area contributed by atoms with Crippen molar-refractivity contribution in [3.05, 3.63) is 77.7 Å². The molecule has 13 nitrogen and oxygen atoms in total. The molecular formula is C43H51F5N7O6PS. The summed E-state index contributed by atoms with van der Waals surface area (Å²) in [5.74, 6) is -3.67. The lowest BCUT2D eigenvalue weighted by molar-refractivity contribution is -0.142. The number of likely N-dealkylation sites (tertiary alicyclic amines) is 1. The smallest absolute Gasteiger partial charge is 0.408 e. The van der Waals surface area contributed by atoms with Crippen LogP contribution in [0.25, 0.3) is 22.3 Å². The Balaban J connectivity index is 1.38. The quantitative estimate of drug-likeness (QED) is 0.0300. The number of hydrogen-bond donors (Lipinski definition) is 4. The maximum atomic E-state index is 14.8. The van der Waals surface area contributed by atoms with E-state index in [4.69, 9.17) is 19.4 Å². The Kier molecular flexibility index (Phi) is 13.6. The van der Waals surface area contributed by atoms with Gasteiger partial charge in [-0.25, -0.2) is 18.7 Å². The number of thiazole rings is 1. The lowest BCUT2D eigenvalue weighted by atomic mass is 9.85. The molecule has 340 valence electrons. The van der Waals surface area contributed by atoms with E-state index in [-0.39, 0.29) is 31.3 Å². The minimum absolute atomic E-state index is 0.0754. The molecule has 2 aromatic carbocycles. The molecule has 1 saturated carbocycles. The van der Waals surface area contributed by atoms with Crippen LogP contribution < -0.4 is 25.4 Å². The highest BCUT2D eigenvalue weighted by Gasteiger charge is 2.66. The van der Waals surface area contributed by atoms with Crippen LogP contribution in [0.5, 0.6) is 11.5 Å². The second-order valence-electron chi connectivity index (χ2n) is 17.2. The number of amides is 2. The van der Waals surface area contributed by atoms with Crippen molar-refractivity contribution in [2.24, 2.45) is 16.3 Å². The first-order chi connectivity index (χ1) is 29.4. The third-order valence-corrected chi connectivity index (χ3v) is 14.3. The van der Waals surface area contributed by atoms with Crippen LogP contribution in [-0.2, 0) is 20.3 Å². The summed E-state index contributed by atoms with van der Waals surface area (Å²) in [5, 5.41) is 10.0. The molecule has 2 amide bonds. The van der Waals surface area contributed by atoms with Crippen molar-refractivity contribution >= 4 is 52.4 Å². The van der Waals surface area contributed by atoms with Gasteiger partial charge in [0.2, 0.25) is 19.2 Å².